The Morgan fingerprint density at radius 2 is 2.09 bits per heavy atom. The monoisotopic (exact) mass is 317 g/mol. The van der Waals surface area contributed by atoms with Gasteiger partial charge in [0.1, 0.15) is 5.75 Å². The lowest BCUT2D eigenvalue weighted by atomic mass is 9.98. The van der Waals surface area contributed by atoms with Crippen LogP contribution in [-0.4, -0.2) is 42.9 Å². The molecule has 8 heteroatoms. The number of rotatable bonds is 8. The highest BCUT2D eigenvalue weighted by molar-refractivity contribution is 5.95. The van der Waals surface area contributed by atoms with Crippen molar-refractivity contribution in [3.63, 3.8) is 0 Å². The van der Waals surface area contributed by atoms with E-state index in [-0.39, 0.29) is 24.3 Å². The number of ether oxygens (including phenoxy) is 2. The van der Waals surface area contributed by atoms with Gasteiger partial charge in [0.2, 0.25) is 0 Å². The van der Waals surface area contributed by atoms with Gasteiger partial charge in [-0.25, -0.2) is 0 Å². The van der Waals surface area contributed by atoms with Crippen LogP contribution in [0.2, 0.25) is 0 Å². The van der Waals surface area contributed by atoms with Crippen LogP contribution in [0.5, 0.6) is 5.75 Å². The summed E-state index contributed by atoms with van der Waals surface area (Å²) < 4.78 is 33.5. The second kappa shape index (κ2) is 7.69. The number of aliphatic carboxylic acids is 1. The molecule has 1 aromatic rings. The molecule has 1 unspecified atom stereocenters. The molecule has 0 radical (unpaired) electrons. The van der Waals surface area contributed by atoms with E-state index in [1.807, 2.05) is 0 Å². The van der Waals surface area contributed by atoms with E-state index < -0.39 is 24.0 Å². The molecule has 0 aliphatic rings. The van der Waals surface area contributed by atoms with E-state index in [0.29, 0.717) is 0 Å². The number of methoxy groups -OCH3 is 1. The highest BCUT2D eigenvalue weighted by Gasteiger charge is 2.30. The predicted octanol–water partition coefficient (Wildman–Crippen LogP) is 1.90. The Bertz CT molecular complexity index is 538. The van der Waals surface area contributed by atoms with Gasteiger partial charge in [0.25, 0.3) is 5.91 Å². The molecule has 0 fully saturated rings. The Hall–Kier alpha value is -2.22. The molecule has 2 N–H and O–H groups in total. The number of carboxylic acids is 1. The molecule has 0 saturated carbocycles. The Kier molecular flexibility index (Phi) is 6.24. The average molecular weight is 317 g/mol. The van der Waals surface area contributed by atoms with Crippen molar-refractivity contribution < 1.29 is 33.0 Å². The number of carbonyl (C=O) groups excluding carboxylic acids is 1. The minimum Gasteiger partial charge on any atom is -0.481 e. The average Bonchev–Trinajstić information content (AvgIpc) is 2.37. The first-order valence-electron chi connectivity index (χ1n) is 6.34. The standard InChI is InChI=1S/C14H17F2NO5/c1-14(8-21-2,7-11(18)19)17-12(20)9-4-3-5-10(6-9)22-13(15)16/h3-6,13H,7-8H2,1-2H3,(H,17,20)(H,18,19). The molecule has 6 nitrogen and oxygen atoms in total. The minimum absolute atomic E-state index is 0.0156. The van der Waals surface area contributed by atoms with Gasteiger partial charge in [0, 0.05) is 12.7 Å². The lowest BCUT2D eigenvalue weighted by molar-refractivity contribution is -0.139. The van der Waals surface area contributed by atoms with Crippen molar-refractivity contribution in [3.05, 3.63) is 29.8 Å². The van der Waals surface area contributed by atoms with Gasteiger partial charge in [-0.2, -0.15) is 8.78 Å². The van der Waals surface area contributed by atoms with Crippen molar-refractivity contribution in [3.8, 4) is 5.75 Å². The Labute approximate surface area is 126 Å². The summed E-state index contributed by atoms with van der Waals surface area (Å²) in [7, 11) is 1.38. The zero-order chi connectivity index (χ0) is 16.8. The van der Waals surface area contributed by atoms with Gasteiger partial charge in [-0.05, 0) is 25.1 Å². The van der Waals surface area contributed by atoms with E-state index in [4.69, 9.17) is 9.84 Å². The number of alkyl halides is 2. The SMILES string of the molecule is COCC(C)(CC(=O)O)NC(=O)c1cccc(OC(F)F)c1. The van der Waals surface area contributed by atoms with Crippen molar-refractivity contribution in [1.29, 1.82) is 0 Å². The van der Waals surface area contributed by atoms with E-state index >= 15 is 0 Å². The molecule has 0 aliphatic carbocycles. The molecule has 122 valence electrons. The van der Waals surface area contributed by atoms with Crippen LogP contribution in [0.15, 0.2) is 24.3 Å². The quantitative estimate of drug-likeness (QED) is 0.765. The van der Waals surface area contributed by atoms with Crippen molar-refractivity contribution in [2.75, 3.05) is 13.7 Å². The van der Waals surface area contributed by atoms with Crippen LogP contribution in [0.25, 0.3) is 0 Å². The van der Waals surface area contributed by atoms with Gasteiger partial charge in [-0.3, -0.25) is 9.59 Å². The first kappa shape index (κ1) is 17.8. The van der Waals surface area contributed by atoms with E-state index in [1.165, 1.54) is 32.2 Å². The fourth-order valence-corrected chi connectivity index (χ4v) is 1.94. The van der Waals surface area contributed by atoms with Crippen LogP contribution in [0.4, 0.5) is 8.78 Å². The molecule has 1 atom stereocenters. The van der Waals surface area contributed by atoms with Gasteiger partial charge in [0.05, 0.1) is 18.6 Å². The van der Waals surface area contributed by atoms with Gasteiger partial charge < -0.3 is 19.9 Å². The fourth-order valence-electron chi connectivity index (χ4n) is 1.94. The summed E-state index contributed by atoms with van der Waals surface area (Å²) in [6.45, 7) is -1.50. The second-order valence-electron chi connectivity index (χ2n) is 4.92. The maximum atomic E-state index is 12.2. The molecule has 0 aromatic heterocycles. The largest absolute Gasteiger partial charge is 0.481 e. The van der Waals surface area contributed by atoms with Gasteiger partial charge in [-0.15, -0.1) is 0 Å². The fraction of sp³-hybridized carbons (Fsp3) is 0.429. The summed E-state index contributed by atoms with van der Waals surface area (Å²) in [5.41, 5.74) is -1.05. The van der Waals surface area contributed by atoms with E-state index in [0.717, 1.165) is 6.07 Å². The van der Waals surface area contributed by atoms with Crippen LogP contribution < -0.4 is 10.1 Å². The summed E-state index contributed by atoms with van der Waals surface area (Å²) in [6, 6.07) is 5.23. The van der Waals surface area contributed by atoms with Crippen LogP contribution in [-0.2, 0) is 9.53 Å². The number of hydrogen-bond acceptors (Lipinski definition) is 4. The summed E-state index contributed by atoms with van der Waals surface area (Å²) in [5, 5.41) is 11.4. The number of carboxylic acid groups (broad SMARTS) is 1. The third-order valence-electron chi connectivity index (χ3n) is 2.74. The highest BCUT2D eigenvalue weighted by atomic mass is 19.3. The maximum Gasteiger partial charge on any atom is 0.387 e. The first-order valence-corrected chi connectivity index (χ1v) is 6.34. The number of halogens is 2. The molecule has 0 bridgehead atoms. The lowest BCUT2D eigenvalue weighted by Gasteiger charge is -2.28. The molecular weight excluding hydrogens is 300 g/mol. The minimum atomic E-state index is -3.00. The summed E-state index contributed by atoms with van der Waals surface area (Å²) in [6.07, 6.45) is -0.347. The third kappa shape index (κ3) is 5.65. The van der Waals surface area contributed by atoms with Crippen LogP contribution in [0.1, 0.15) is 23.7 Å². The molecule has 0 saturated heterocycles. The molecular formula is C14H17F2NO5. The van der Waals surface area contributed by atoms with Crippen LogP contribution >= 0.6 is 0 Å². The molecule has 0 spiro atoms. The maximum absolute atomic E-state index is 12.2. The van der Waals surface area contributed by atoms with Crippen molar-refractivity contribution in [2.24, 2.45) is 0 Å². The highest BCUT2D eigenvalue weighted by Crippen LogP contribution is 2.17. The molecule has 1 amide bonds. The first-order chi connectivity index (χ1) is 10.3. The lowest BCUT2D eigenvalue weighted by Crippen LogP contribution is -2.50. The summed E-state index contributed by atoms with van der Waals surface area (Å²) in [4.78, 5) is 23.0. The van der Waals surface area contributed by atoms with E-state index in [2.05, 4.69) is 10.1 Å². The van der Waals surface area contributed by atoms with Crippen molar-refractivity contribution >= 4 is 11.9 Å². The number of hydrogen-bond donors (Lipinski definition) is 2. The summed E-state index contributed by atoms with van der Waals surface area (Å²) >= 11 is 0. The van der Waals surface area contributed by atoms with E-state index in [9.17, 15) is 18.4 Å². The predicted molar refractivity (Wildman–Crippen MR) is 73.1 cm³/mol. The number of benzene rings is 1. The van der Waals surface area contributed by atoms with Crippen molar-refractivity contribution in [2.45, 2.75) is 25.5 Å². The molecule has 0 heterocycles. The number of carbonyl (C=O) groups is 2. The van der Waals surface area contributed by atoms with E-state index in [1.54, 1.807) is 0 Å². The van der Waals surface area contributed by atoms with Crippen LogP contribution in [0.3, 0.4) is 0 Å². The Morgan fingerprint density at radius 3 is 2.64 bits per heavy atom. The van der Waals surface area contributed by atoms with Gasteiger partial charge in [-0.1, -0.05) is 6.07 Å². The smallest absolute Gasteiger partial charge is 0.387 e. The second-order valence-corrected chi connectivity index (χ2v) is 4.92. The number of amides is 1. The third-order valence-corrected chi connectivity index (χ3v) is 2.74. The zero-order valence-electron chi connectivity index (χ0n) is 12.1. The Balaban J connectivity index is 2.87. The van der Waals surface area contributed by atoms with Gasteiger partial charge in [0.15, 0.2) is 0 Å². The van der Waals surface area contributed by atoms with Crippen LogP contribution in [0, 0.1) is 0 Å². The summed E-state index contributed by atoms with van der Waals surface area (Å²) in [5.74, 6) is -1.87. The van der Waals surface area contributed by atoms with Gasteiger partial charge >= 0.3 is 12.6 Å². The van der Waals surface area contributed by atoms with Crippen molar-refractivity contribution in [1.82, 2.24) is 5.32 Å². The molecule has 1 rings (SSSR count). The Morgan fingerprint density at radius 1 is 1.41 bits per heavy atom. The normalized spacial score (nSPS) is 13.5. The molecule has 22 heavy (non-hydrogen) atoms. The number of nitrogens with one attached hydrogen (secondary N) is 1. The molecule has 0 aliphatic heterocycles. The molecule has 1 aromatic carbocycles. The topological polar surface area (TPSA) is 84.9 Å². The zero-order valence-corrected chi connectivity index (χ0v) is 12.1.